The highest BCUT2D eigenvalue weighted by molar-refractivity contribution is 6.24. The van der Waals surface area contributed by atoms with E-state index in [1.54, 1.807) is 0 Å². The first-order valence-electron chi connectivity index (χ1n) is 17.0. The molecule has 1 N–H and O–H groups in total. The van der Waals surface area contributed by atoms with Crippen LogP contribution in [-0.4, -0.2) is 11.4 Å². The van der Waals surface area contributed by atoms with Crippen molar-refractivity contribution in [2.45, 2.75) is 44.0 Å². The van der Waals surface area contributed by atoms with Gasteiger partial charge in [-0.1, -0.05) is 68.0 Å². The van der Waals surface area contributed by atoms with Crippen LogP contribution in [0, 0.1) is 16.9 Å². The summed E-state index contributed by atoms with van der Waals surface area (Å²) in [5.41, 5.74) is 12.3. The lowest BCUT2D eigenvalue weighted by atomic mass is 9.74. The molecular weight excluding hydrogens is 684 g/mol. The largest absolute Gasteiger partial charge is 0.416 e. The molecule has 3 nitrogen and oxygen atoms in total. The maximum Gasteiger partial charge on any atom is 0.416 e. The van der Waals surface area contributed by atoms with E-state index in [1.807, 2.05) is 42.6 Å². The maximum absolute atomic E-state index is 13.2. The molecule has 9 rings (SSSR count). The van der Waals surface area contributed by atoms with Gasteiger partial charge >= 0.3 is 12.4 Å². The fourth-order valence-electron chi connectivity index (χ4n) is 8.63. The molecule has 0 saturated heterocycles. The highest BCUT2D eigenvalue weighted by Gasteiger charge is 2.46. The Labute approximate surface area is 300 Å². The molecule has 4 aliphatic rings. The molecule has 9 heteroatoms. The number of aliphatic imine (C=N–C) groups is 1. The lowest BCUT2D eigenvalue weighted by Crippen LogP contribution is -2.20. The smallest absolute Gasteiger partial charge is 0.300 e. The Morgan fingerprint density at radius 1 is 0.660 bits per heavy atom. The minimum atomic E-state index is -4.43. The Morgan fingerprint density at radius 3 is 1.79 bits per heavy atom. The van der Waals surface area contributed by atoms with Crippen LogP contribution in [0.3, 0.4) is 0 Å². The second-order valence-electron chi connectivity index (χ2n) is 14.5. The number of benzene rings is 5. The van der Waals surface area contributed by atoms with Crippen LogP contribution in [0.4, 0.5) is 26.3 Å². The van der Waals surface area contributed by atoms with Crippen LogP contribution in [0.5, 0.6) is 0 Å². The molecule has 1 atom stereocenters. The van der Waals surface area contributed by atoms with Gasteiger partial charge in [-0.3, -0.25) is 5.41 Å². The summed E-state index contributed by atoms with van der Waals surface area (Å²) in [5.74, 6) is -0.0550. The Morgan fingerprint density at radius 2 is 1.21 bits per heavy atom. The number of nitrogens with zero attached hydrogens (tertiary/aromatic N) is 2. The number of nitriles is 1. The molecule has 53 heavy (non-hydrogen) atoms. The fourth-order valence-corrected chi connectivity index (χ4v) is 8.63. The molecule has 0 aromatic heterocycles. The van der Waals surface area contributed by atoms with Crippen molar-refractivity contribution < 1.29 is 26.3 Å². The third-order valence-electron chi connectivity index (χ3n) is 11.3. The molecule has 5 aromatic carbocycles. The third kappa shape index (κ3) is 4.88. The van der Waals surface area contributed by atoms with Crippen molar-refractivity contribution >= 4 is 17.0 Å². The number of rotatable bonds is 2. The van der Waals surface area contributed by atoms with E-state index < -0.39 is 23.5 Å². The third-order valence-corrected chi connectivity index (χ3v) is 11.3. The van der Waals surface area contributed by atoms with Crippen molar-refractivity contribution in [2.24, 2.45) is 4.99 Å². The average molecular weight is 712 g/mol. The first-order chi connectivity index (χ1) is 25.1. The Kier molecular flexibility index (Phi) is 6.82. The van der Waals surface area contributed by atoms with E-state index in [4.69, 9.17) is 0 Å². The minimum Gasteiger partial charge on any atom is -0.300 e. The quantitative estimate of drug-likeness (QED) is 0.141. The van der Waals surface area contributed by atoms with Gasteiger partial charge in [-0.15, -0.1) is 0 Å². The fraction of sp³-hybridized carbons (Fsp3) is 0.159. The van der Waals surface area contributed by atoms with Crippen LogP contribution in [0.2, 0.25) is 0 Å². The second kappa shape index (κ2) is 11.0. The van der Waals surface area contributed by atoms with Gasteiger partial charge in [-0.05, 0) is 122 Å². The van der Waals surface area contributed by atoms with Crippen molar-refractivity contribution in [3.63, 3.8) is 0 Å². The van der Waals surface area contributed by atoms with Gasteiger partial charge in [0, 0.05) is 28.0 Å². The summed E-state index contributed by atoms with van der Waals surface area (Å²) < 4.78 is 79.2. The molecule has 4 aliphatic carbocycles. The molecular formula is C44H27F6N3. The van der Waals surface area contributed by atoms with Crippen LogP contribution in [-0.2, 0) is 17.8 Å². The lowest BCUT2D eigenvalue weighted by molar-refractivity contribution is -0.138. The molecule has 0 heterocycles. The van der Waals surface area contributed by atoms with E-state index in [2.05, 4.69) is 37.0 Å². The molecule has 0 radical (unpaired) electrons. The average Bonchev–Trinajstić information content (AvgIpc) is 3.67. The van der Waals surface area contributed by atoms with Crippen LogP contribution in [0.15, 0.2) is 119 Å². The van der Waals surface area contributed by atoms with Gasteiger partial charge in [0.2, 0.25) is 6.19 Å². The van der Waals surface area contributed by atoms with E-state index in [9.17, 15) is 37.0 Å². The SMILES string of the molecule is CC1(C)C2=C(C=C3C(=NC#N)c4cc(-c5ccc(C(F)(F)F)cc5)ccc4C3C2)c2cc3c(cc21)-c1ccc(-c2ccc(C(F)(F)F)cc2)cc1C3=N. The number of nitrogens with one attached hydrogen (secondary N) is 1. The summed E-state index contributed by atoms with van der Waals surface area (Å²) >= 11 is 0. The molecule has 0 amide bonds. The number of hydrogen-bond acceptors (Lipinski definition) is 3. The summed E-state index contributed by atoms with van der Waals surface area (Å²) in [4.78, 5) is 4.28. The van der Waals surface area contributed by atoms with Crippen LogP contribution in [0.1, 0.15) is 70.7 Å². The Bertz CT molecular complexity index is 2590. The zero-order valence-electron chi connectivity index (χ0n) is 28.3. The molecule has 0 saturated carbocycles. The zero-order valence-corrected chi connectivity index (χ0v) is 28.3. The van der Waals surface area contributed by atoms with Crippen molar-refractivity contribution in [2.75, 3.05) is 0 Å². The van der Waals surface area contributed by atoms with E-state index in [0.717, 1.165) is 85.5 Å². The Balaban J connectivity index is 1.08. The normalized spacial score (nSPS) is 18.5. The highest BCUT2D eigenvalue weighted by atomic mass is 19.4. The van der Waals surface area contributed by atoms with Crippen molar-refractivity contribution in [3.05, 3.63) is 159 Å². The molecule has 5 aromatic rings. The standard InChI is InChI=1S/C44H27F6N3/c1-42(2)38-19-30-28-13-7-24(22-3-9-26(10-4-22)43(45,46)47)15-34(28)40(52)35(30)17-32(38)33-18-37-31(20-39(33)42)29-14-8-25(16-36(29)41(37)53-21-51)23-5-11-27(12-6-23)44(48,49)50/h3-19,31,52H,20H2,1-2H3. The second-order valence-corrected chi connectivity index (χ2v) is 14.5. The summed E-state index contributed by atoms with van der Waals surface area (Å²) in [6, 6.07) is 25.8. The molecule has 0 fully saturated rings. The minimum absolute atomic E-state index is 0.0550. The number of fused-ring (bicyclic) bond motifs is 8. The van der Waals surface area contributed by atoms with E-state index in [-0.39, 0.29) is 11.3 Å². The summed E-state index contributed by atoms with van der Waals surface area (Å²) in [5, 5.41) is 19.0. The van der Waals surface area contributed by atoms with Crippen molar-refractivity contribution in [1.82, 2.24) is 0 Å². The first kappa shape index (κ1) is 32.9. The maximum atomic E-state index is 13.2. The van der Waals surface area contributed by atoms with Crippen LogP contribution < -0.4 is 0 Å². The van der Waals surface area contributed by atoms with Crippen LogP contribution in [0.25, 0.3) is 39.0 Å². The summed E-state index contributed by atoms with van der Waals surface area (Å²) in [7, 11) is 0. The first-order valence-corrected chi connectivity index (χ1v) is 17.0. The molecule has 260 valence electrons. The van der Waals surface area contributed by atoms with Crippen molar-refractivity contribution in [3.8, 4) is 39.6 Å². The molecule has 1 unspecified atom stereocenters. The van der Waals surface area contributed by atoms with Gasteiger partial charge in [0.15, 0.2) is 0 Å². The van der Waals surface area contributed by atoms with Gasteiger partial charge in [0.25, 0.3) is 0 Å². The molecule has 0 bridgehead atoms. The van der Waals surface area contributed by atoms with Gasteiger partial charge in [-0.2, -0.15) is 36.6 Å². The topological polar surface area (TPSA) is 60.0 Å². The van der Waals surface area contributed by atoms with E-state index >= 15 is 0 Å². The van der Waals surface area contributed by atoms with E-state index in [0.29, 0.717) is 34.5 Å². The highest BCUT2D eigenvalue weighted by Crippen LogP contribution is 2.58. The molecule has 0 spiro atoms. The monoisotopic (exact) mass is 711 g/mol. The number of hydrogen-bond donors (Lipinski definition) is 1. The van der Waals surface area contributed by atoms with Crippen molar-refractivity contribution in [1.29, 1.82) is 10.7 Å². The zero-order chi connectivity index (χ0) is 37.2. The lowest BCUT2D eigenvalue weighted by Gasteiger charge is -2.29. The predicted octanol–water partition coefficient (Wildman–Crippen LogP) is 11.9. The van der Waals surface area contributed by atoms with Gasteiger partial charge in [-0.25, -0.2) is 0 Å². The summed E-state index contributed by atoms with van der Waals surface area (Å²) in [6.45, 7) is 4.39. The number of allylic oxidation sites excluding steroid dienone is 4. The van der Waals surface area contributed by atoms with Gasteiger partial charge < -0.3 is 0 Å². The van der Waals surface area contributed by atoms with Gasteiger partial charge in [0.05, 0.1) is 22.6 Å². The number of alkyl halides is 6. The Hall–Kier alpha value is -6.01. The van der Waals surface area contributed by atoms with Gasteiger partial charge in [0.1, 0.15) is 0 Å². The molecule has 0 aliphatic heterocycles. The summed E-state index contributed by atoms with van der Waals surface area (Å²) in [6.07, 6.45) is -4.09. The van der Waals surface area contributed by atoms with E-state index in [1.165, 1.54) is 29.8 Å². The predicted molar refractivity (Wildman–Crippen MR) is 193 cm³/mol. The number of halogens is 6. The van der Waals surface area contributed by atoms with Crippen LogP contribution >= 0.6 is 0 Å².